The monoisotopic (exact) mass is 418 g/mol. The second-order valence-corrected chi connectivity index (χ2v) is 6.67. The molecule has 2 fully saturated rings. The molecule has 0 aromatic carbocycles. The summed E-state index contributed by atoms with van der Waals surface area (Å²) in [5, 5.41) is 1.18. The molecule has 0 aromatic rings. The van der Waals surface area contributed by atoms with Gasteiger partial charge in [0.25, 0.3) is 0 Å². The van der Waals surface area contributed by atoms with E-state index in [4.69, 9.17) is 0 Å². The fourth-order valence-electron chi connectivity index (χ4n) is 2.56. The third-order valence-electron chi connectivity index (χ3n) is 3.89. The molecule has 10 radical (unpaired) electrons. The molecule has 2 aliphatic rings. The van der Waals surface area contributed by atoms with Crippen LogP contribution in [0.25, 0.3) is 0 Å². The summed E-state index contributed by atoms with van der Waals surface area (Å²) in [6, 6.07) is 0. The molecule has 0 aromatic heterocycles. The van der Waals surface area contributed by atoms with Crippen molar-refractivity contribution in [1.82, 2.24) is 0 Å². The molecule has 0 atom stereocenters. The van der Waals surface area contributed by atoms with E-state index in [2.05, 4.69) is 41.6 Å². The van der Waals surface area contributed by atoms with Gasteiger partial charge in [-0.2, -0.15) is 0 Å². The molecule has 2 aliphatic carbocycles. The second-order valence-electron chi connectivity index (χ2n) is 5.88. The zero-order valence-electron chi connectivity index (χ0n) is 14.2. The first-order valence-corrected chi connectivity index (χ1v) is 9.99. The third kappa shape index (κ3) is 16.2. The molecular weight excluding hydrogens is 388 g/mol. The van der Waals surface area contributed by atoms with Crippen LogP contribution in [0.1, 0.15) is 64.2 Å². The van der Waals surface area contributed by atoms with E-state index in [1.165, 1.54) is 75.5 Å². The second kappa shape index (κ2) is 19.3. The third-order valence-corrected chi connectivity index (χ3v) is 4.45. The summed E-state index contributed by atoms with van der Waals surface area (Å²) < 4.78 is 0. The topological polar surface area (TPSA) is 0 Å². The Bertz CT molecular complexity index is 202. The van der Waals surface area contributed by atoms with E-state index in [9.17, 15) is 0 Å². The minimum Gasteiger partial charge on any atom is -0.0928 e. The first kappa shape index (κ1) is 24.0. The molecule has 0 unspecified atom stereocenters. The van der Waals surface area contributed by atoms with Crippen LogP contribution in [0.4, 0.5) is 0 Å². The van der Waals surface area contributed by atoms with Gasteiger partial charge in [-0.3, -0.25) is 0 Å². The summed E-state index contributed by atoms with van der Waals surface area (Å²) in [5.41, 5.74) is 0. The van der Waals surface area contributed by atoms with Crippen LogP contribution in [0.2, 0.25) is 0 Å². The van der Waals surface area contributed by atoms with E-state index < -0.39 is 0 Å². The summed E-state index contributed by atoms with van der Waals surface area (Å²) >= 11 is 3.48. The number of alkyl halides is 1. The average molecular weight is 419 g/mol. The van der Waals surface area contributed by atoms with Crippen LogP contribution in [-0.4, -0.2) is 5.33 Å². The molecule has 0 heterocycles. The number of hydrogen-bond donors (Lipinski definition) is 0. The van der Waals surface area contributed by atoms with Crippen LogP contribution in [0.3, 0.4) is 0 Å². The van der Waals surface area contributed by atoms with Gasteiger partial charge in [0.05, 0.1) is 0 Å². The Morgan fingerprint density at radius 2 is 0.913 bits per heavy atom. The van der Waals surface area contributed by atoms with Gasteiger partial charge in [-0.25, -0.2) is 0 Å². The summed E-state index contributed by atoms with van der Waals surface area (Å²) in [6.45, 7) is 0. The zero-order valence-corrected chi connectivity index (χ0v) is 16.9. The van der Waals surface area contributed by atoms with Crippen molar-refractivity contribution < 1.29 is 17.1 Å². The van der Waals surface area contributed by atoms with E-state index in [1.54, 1.807) is 0 Å². The van der Waals surface area contributed by atoms with Gasteiger partial charge < -0.3 is 0 Å². The largest absolute Gasteiger partial charge is 2.00 e. The zero-order chi connectivity index (χ0) is 15.7. The molecule has 23 heavy (non-hydrogen) atoms. The van der Waals surface area contributed by atoms with Gasteiger partial charge in [0.2, 0.25) is 0 Å². The maximum absolute atomic E-state index is 3.48. The smallest absolute Gasteiger partial charge is 0.0928 e. The Kier molecular flexibility index (Phi) is 20.2. The molecule has 0 saturated heterocycles. The number of unbranched alkanes of at least 4 members (excludes halogenated alkanes) is 8. The first-order chi connectivity index (χ1) is 10.9. The van der Waals surface area contributed by atoms with E-state index in [0.29, 0.717) is 0 Å². The summed E-state index contributed by atoms with van der Waals surface area (Å²) in [4.78, 5) is 0. The minimum atomic E-state index is 0. The summed E-state index contributed by atoms with van der Waals surface area (Å²) in [7, 11) is 0. The maximum Gasteiger partial charge on any atom is 2.00 e. The van der Waals surface area contributed by atoms with Gasteiger partial charge in [0, 0.05) is 5.33 Å². The van der Waals surface area contributed by atoms with Gasteiger partial charge in [-0.1, -0.05) is 67.3 Å². The van der Waals surface area contributed by atoms with E-state index in [1.807, 2.05) is 32.1 Å². The molecule has 2 saturated carbocycles. The van der Waals surface area contributed by atoms with E-state index >= 15 is 0 Å². The van der Waals surface area contributed by atoms with Gasteiger partial charge >= 0.3 is 17.1 Å². The van der Waals surface area contributed by atoms with Crippen LogP contribution < -0.4 is 0 Å². The van der Waals surface area contributed by atoms with Crippen LogP contribution in [-0.2, 0) is 17.1 Å². The quantitative estimate of drug-likeness (QED) is 0.199. The predicted molar refractivity (Wildman–Crippen MR) is 102 cm³/mol. The number of rotatable bonds is 11. The van der Waals surface area contributed by atoms with Crippen molar-refractivity contribution >= 4 is 15.9 Å². The minimum absolute atomic E-state index is 0. The first-order valence-electron chi connectivity index (χ1n) is 8.86. The Hall–Kier alpha value is 0.999. The molecular formula is C21H31BrFe+2. The van der Waals surface area contributed by atoms with Crippen LogP contribution in [0, 0.1) is 63.7 Å². The van der Waals surface area contributed by atoms with E-state index in [-0.39, 0.29) is 17.1 Å². The molecule has 0 amide bonds. The Labute approximate surface area is 165 Å². The van der Waals surface area contributed by atoms with Gasteiger partial charge in [-0.05, 0) is 76.5 Å². The van der Waals surface area contributed by atoms with Crippen LogP contribution in [0.5, 0.6) is 0 Å². The van der Waals surface area contributed by atoms with Crippen molar-refractivity contribution in [1.29, 1.82) is 0 Å². The maximum atomic E-state index is 3.48. The van der Waals surface area contributed by atoms with Crippen molar-refractivity contribution in [3.05, 3.63) is 63.7 Å². The Balaban J connectivity index is 0.000000684. The Morgan fingerprint density at radius 1 is 0.522 bits per heavy atom. The molecule has 2 rings (SSSR count). The van der Waals surface area contributed by atoms with Crippen LogP contribution >= 0.6 is 15.9 Å². The molecule has 0 bridgehead atoms. The van der Waals surface area contributed by atoms with Gasteiger partial charge in [0.15, 0.2) is 0 Å². The van der Waals surface area contributed by atoms with Crippen molar-refractivity contribution in [3.63, 3.8) is 0 Å². The summed E-state index contributed by atoms with van der Waals surface area (Å²) in [6.07, 6.45) is 32.8. The van der Waals surface area contributed by atoms with Gasteiger partial charge in [-0.15, -0.1) is 0 Å². The predicted octanol–water partition coefficient (Wildman–Crippen LogP) is 6.71. The van der Waals surface area contributed by atoms with Crippen molar-refractivity contribution in [2.75, 3.05) is 5.33 Å². The van der Waals surface area contributed by atoms with E-state index in [0.717, 1.165) is 0 Å². The molecule has 128 valence electrons. The normalized spacial score (nSPS) is 17.6. The molecule has 0 nitrogen and oxygen atoms in total. The molecule has 0 spiro atoms. The standard InChI is InChI=1S/C16H26Br.C5H5.Fe/c17-15-11-7-5-3-1-2-4-6-8-12-16-13-9-10-14-16;1-2-4-5-3-1;/h9-10,13-14H,1-8,11-12,15H2;1-5H;/q;;+2. The van der Waals surface area contributed by atoms with Crippen molar-refractivity contribution in [2.45, 2.75) is 64.2 Å². The van der Waals surface area contributed by atoms with Crippen LogP contribution in [0.15, 0.2) is 0 Å². The SMILES string of the molecule is BrCCCCCCCCCCC[C]1[CH][CH][CH][CH]1.[CH]1[CH][CH][CH][CH]1.[Fe+2]. The number of halogens is 1. The number of hydrogen-bond acceptors (Lipinski definition) is 0. The van der Waals surface area contributed by atoms with Crippen molar-refractivity contribution in [2.24, 2.45) is 0 Å². The molecule has 0 aliphatic heterocycles. The van der Waals surface area contributed by atoms with Crippen molar-refractivity contribution in [3.8, 4) is 0 Å². The Morgan fingerprint density at radius 3 is 1.35 bits per heavy atom. The van der Waals surface area contributed by atoms with Gasteiger partial charge in [0.1, 0.15) is 0 Å². The summed E-state index contributed by atoms with van der Waals surface area (Å²) in [5.74, 6) is 1.51. The fraction of sp³-hybridized carbons (Fsp3) is 0.524. The molecule has 0 N–H and O–H groups in total. The average Bonchev–Trinajstić information content (AvgIpc) is 3.25. The fourth-order valence-corrected chi connectivity index (χ4v) is 2.96. The molecule has 2 heteroatoms.